The number of nitrogens with one attached hydrogen (secondary N) is 2. The Morgan fingerprint density at radius 3 is 2.56 bits per heavy atom. The first kappa shape index (κ1) is 20.7. The molecule has 0 bridgehead atoms. The van der Waals surface area contributed by atoms with Gasteiger partial charge in [-0.05, 0) is 12.5 Å². The molecule has 0 radical (unpaired) electrons. The van der Waals surface area contributed by atoms with Crippen LogP contribution in [0.5, 0.6) is 0 Å². The summed E-state index contributed by atoms with van der Waals surface area (Å²) in [5.41, 5.74) is 0.810. The van der Waals surface area contributed by atoms with Gasteiger partial charge in [-0.1, -0.05) is 30.3 Å². The highest BCUT2D eigenvalue weighted by Gasteiger charge is 2.20. The van der Waals surface area contributed by atoms with E-state index in [2.05, 4.69) is 10.6 Å². The van der Waals surface area contributed by atoms with E-state index in [0.29, 0.717) is 26.3 Å². The minimum atomic E-state index is -0.500. The summed E-state index contributed by atoms with van der Waals surface area (Å²) in [4.78, 5) is 37.8. The molecule has 0 saturated carbocycles. The average Bonchev–Trinajstić information content (AvgIpc) is 2.69. The number of ether oxygens (including phenoxy) is 2. The highest BCUT2D eigenvalue weighted by Crippen LogP contribution is 2.17. The number of rotatable bonds is 8. The van der Waals surface area contributed by atoms with Gasteiger partial charge in [0.15, 0.2) is 0 Å². The number of morpholine rings is 1. The zero-order valence-corrected chi connectivity index (χ0v) is 15.6. The molecule has 2 rings (SSSR count). The topological polar surface area (TPSA) is 97.0 Å². The predicted octanol–water partition coefficient (Wildman–Crippen LogP) is 1.23. The molecule has 1 saturated heterocycles. The maximum Gasteiger partial charge on any atom is 0.315 e. The van der Waals surface area contributed by atoms with Crippen molar-refractivity contribution in [1.29, 1.82) is 0 Å². The minimum absolute atomic E-state index is 0.00951. The fourth-order valence-corrected chi connectivity index (χ4v) is 2.79. The highest BCUT2D eigenvalue weighted by atomic mass is 16.5. The molecular formula is C19H27N3O5. The summed E-state index contributed by atoms with van der Waals surface area (Å²) in [6.45, 7) is 4.51. The Hall–Kier alpha value is -2.61. The summed E-state index contributed by atoms with van der Waals surface area (Å²) < 4.78 is 10.2. The monoisotopic (exact) mass is 377 g/mol. The first-order chi connectivity index (χ1) is 13.1. The largest absolute Gasteiger partial charge is 0.466 e. The van der Waals surface area contributed by atoms with Gasteiger partial charge in [-0.3, -0.25) is 9.59 Å². The first-order valence-electron chi connectivity index (χ1n) is 9.20. The highest BCUT2D eigenvalue weighted by molar-refractivity contribution is 5.79. The maximum absolute atomic E-state index is 12.2. The van der Waals surface area contributed by atoms with Gasteiger partial charge in [0.1, 0.15) is 0 Å². The molecule has 148 valence electrons. The van der Waals surface area contributed by atoms with Crippen molar-refractivity contribution >= 4 is 17.9 Å². The molecule has 1 aliphatic rings. The lowest BCUT2D eigenvalue weighted by molar-refractivity contribution is -0.143. The van der Waals surface area contributed by atoms with Crippen LogP contribution in [0.3, 0.4) is 0 Å². The Morgan fingerprint density at radius 2 is 1.89 bits per heavy atom. The number of carbonyl (C=O) groups excluding carboxylic acids is 3. The Labute approximate surface area is 159 Å². The van der Waals surface area contributed by atoms with E-state index < -0.39 is 12.1 Å². The molecule has 3 amide bonds. The van der Waals surface area contributed by atoms with E-state index in [1.165, 1.54) is 0 Å². The van der Waals surface area contributed by atoms with Crippen LogP contribution >= 0.6 is 0 Å². The van der Waals surface area contributed by atoms with Gasteiger partial charge in [-0.2, -0.15) is 0 Å². The number of hydrogen-bond acceptors (Lipinski definition) is 5. The van der Waals surface area contributed by atoms with Crippen LogP contribution in [0, 0.1) is 0 Å². The lowest BCUT2D eigenvalue weighted by Gasteiger charge is -2.27. The summed E-state index contributed by atoms with van der Waals surface area (Å²) in [6, 6.07) is 8.30. The lowest BCUT2D eigenvalue weighted by atomic mass is 10.0. The molecule has 0 aliphatic carbocycles. The summed E-state index contributed by atoms with van der Waals surface area (Å²) in [6.07, 6.45) is 0.263. The predicted molar refractivity (Wildman–Crippen MR) is 99.0 cm³/mol. The van der Waals surface area contributed by atoms with Gasteiger partial charge in [0.05, 0.1) is 32.3 Å². The van der Waals surface area contributed by atoms with Gasteiger partial charge in [0.25, 0.3) is 0 Å². The number of nitrogens with zero attached hydrogens (tertiary/aromatic N) is 1. The van der Waals surface area contributed by atoms with E-state index in [1.807, 2.05) is 30.3 Å². The molecule has 1 aromatic rings. The van der Waals surface area contributed by atoms with E-state index in [-0.39, 0.29) is 37.9 Å². The van der Waals surface area contributed by atoms with Crippen LogP contribution in [0.1, 0.15) is 31.4 Å². The zero-order valence-electron chi connectivity index (χ0n) is 15.6. The van der Waals surface area contributed by atoms with Crippen molar-refractivity contribution in [3.63, 3.8) is 0 Å². The smallest absolute Gasteiger partial charge is 0.315 e. The molecule has 8 heteroatoms. The second-order valence-electron chi connectivity index (χ2n) is 6.12. The molecule has 1 heterocycles. The van der Waals surface area contributed by atoms with E-state index >= 15 is 0 Å². The van der Waals surface area contributed by atoms with Crippen LogP contribution in [-0.2, 0) is 19.1 Å². The average molecular weight is 377 g/mol. The van der Waals surface area contributed by atoms with Gasteiger partial charge >= 0.3 is 12.0 Å². The summed E-state index contributed by atoms with van der Waals surface area (Å²) in [5.74, 6) is -0.390. The number of carbonyl (C=O) groups is 3. The van der Waals surface area contributed by atoms with Crippen molar-refractivity contribution < 1.29 is 23.9 Å². The Bertz CT molecular complexity index is 617. The third-order valence-electron chi connectivity index (χ3n) is 4.17. The number of hydrogen-bond donors (Lipinski definition) is 2. The molecule has 1 atom stereocenters. The van der Waals surface area contributed by atoms with E-state index in [0.717, 1.165) is 5.56 Å². The summed E-state index contributed by atoms with van der Waals surface area (Å²) in [5, 5.41) is 5.46. The second kappa shape index (κ2) is 11.2. The maximum atomic E-state index is 12.2. The molecular weight excluding hydrogens is 350 g/mol. The fourth-order valence-electron chi connectivity index (χ4n) is 2.79. The zero-order chi connectivity index (χ0) is 19.5. The van der Waals surface area contributed by atoms with Gasteiger partial charge in [-0.15, -0.1) is 0 Å². The van der Waals surface area contributed by atoms with Crippen LogP contribution in [0.4, 0.5) is 4.79 Å². The van der Waals surface area contributed by atoms with Crippen molar-refractivity contribution in [3.8, 4) is 0 Å². The van der Waals surface area contributed by atoms with Gasteiger partial charge in [0.2, 0.25) is 5.91 Å². The minimum Gasteiger partial charge on any atom is -0.466 e. The third kappa shape index (κ3) is 7.26. The van der Waals surface area contributed by atoms with Crippen molar-refractivity contribution in [2.24, 2.45) is 0 Å². The summed E-state index contributed by atoms with van der Waals surface area (Å²) in [7, 11) is 0. The number of urea groups is 1. The van der Waals surface area contributed by atoms with E-state index in [4.69, 9.17) is 9.47 Å². The third-order valence-corrected chi connectivity index (χ3v) is 4.17. The quantitative estimate of drug-likeness (QED) is 0.664. The van der Waals surface area contributed by atoms with Crippen LogP contribution in [0.25, 0.3) is 0 Å². The first-order valence-corrected chi connectivity index (χ1v) is 9.20. The Morgan fingerprint density at radius 1 is 1.19 bits per heavy atom. The van der Waals surface area contributed by atoms with Crippen molar-refractivity contribution in [3.05, 3.63) is 35.9 Å². The molecule has 0 spiro atoms. The van der Waals surface area contributed by atoms with Crippen LogP contribution in [0.2, 0.25) is 0 Å². The standard InChI is InChI=1S/C19H27N3O5/c1-2-27-18(24)14-16(15-6-4-3-5-7-15)21-19(25)20-9-8-17(23)22-10-12-26-13-11-22/h3-7,16H,2,8-14H2,1H3,(H2,20,21,25). The van der Waals surface area contributed by atoms with E-state index in [1.54, 1.807) is 11.8 Å². The number of esters is 1. The van der Waals surface area contributed by atoms with Gasteiger partial charge in [0, 0.05) is 26.1 Å². The molecule has 2 N–H and O–H groups in total. The molecule has 1 fully saturated rings. The van der Waals surface area contributed by atoms with Crippen molar-refractivity contribution in [2.45, 2.75) is 25.8 Å². The molecule has 1 unspecified atom stereocenters. The van der Waals surface area contributed by atoms with Crippen molar-refractivity contribution in [1.82, 2.24) is 15.5 Å². The SMILES string of the molecule is CCOC(=O)CC(NC(=O)NCCC(=O)N1CCOCC1)c1ccccc1. The van der Waals surface area contributed by atoms with Crippen LogP contribution in [0.15, 0.2) is 30.3 Å². The number of amides is 3. The molecule has 8 nitrogen and oxygen atoms in total. The molecule has 1 aromatic carbocycles. The normalized spacial score (nSPS) is 14.9. The van der Waals surface area contributed by atoms with Crippen LogP contribution in [-0.4, -0.2) is 62.3 Å². The summed E-state index contributed by atoms with van der Waals surface area (Å²) >= 11 is 0. The molecule has 0 aromatic heterocycles. The van der Waals surface area contributed by atoms with Gasteiger partial charge < -0.3 is 25.0 Å². The molecule has 1 aliphatic heterocycles. The second-order valence-corrected chi connectivity index (χ2v) is 6.12. The lowest BCUT2D eigenvalue weighted by Crippen LogP contribution is -2.43. The Kier molecular flexibility index (Phi) is 8.57. The van der Waals surface area contributed by atoms with E-state index in [9.17, 15) is 14.4 Å². The van der Waals surface area contributed by atoms with Crippen LogP contribution < -0.4 is 10.6 Å². The molecule has 27 heavy (non-hydrogen) atoms. The number of benzene rings is 1. The fraction of sp³-hybridized carbons (Fsp3) is 0.526. The van der Waals surface area contributed by atoms with Gasteiger partial charge in [-0.25, -0.2) is 4.79 Å². The Balaban J connectivity index is 1.81. The van der Waals surface area contributed by atoms with Crippen molar-refractivity contribution in [2.75, 3.05) is 39.5 Å².